The van der Waals surface area contributed by atoms with Crippen molar-refractivity contribution in [1.82, 2.24) is 25.1 Å². The summed E-state index contributed by atoms with van der Waals surface area (Å²) in [6, 6.07) is 17.6. The smallest absolute Gasteiger partial charge is 0.254 e. The summed E-state index contributed by atoms with van der Waals surface area (Å²) < 4.78 is 13.1. The van der Waals surface area contributed by atoms with Gasteiger partial charge in [-0.05, 0) is 66.4 Å². The number of likely N-dealkylation sites (tertiary alicyclic amines) is 1. The van der Waals surface area contributed by atoms with Crippen molar-refractivity contribution < 1.29 is 9.18 Å². The molecule has 1 aliphatic rings. The van der Waals surface area contributed by atoms with E-state index in [1.807, 2.05) is 47.5 Å². The highest BCUT2D eigenvalue weighted by Crippen LogP contribution is 2.31. The lowest BCUT2D eigenvalue weighted by molar-refractivity contribution is 0.0730. The molecule has 1 saturated heterocycles. The number of carbonyl (C=O) groups excluding carboxylic acids is 1. The number of hydrogen-bond donors (Lipinski definition) is 2. The van der Waals surface area contributed by atoms with Gasteiger partial charge in [0.25, 0.3) is 5.91 Å². The number of aromatic amines is 1. The number of rotatable bonds is 7. The number of pyridine rings is 1. The highest BCUT2D eigenvalue weighted by Gasteiger charge is 2.33. The number of aromatic nitrogens is 4. The van der Waals surface area contributed by atoms with Gasteiger partial charge in [0.2, 0.25) is 0 Å². The molecule has 0 spiro atoms. The zero-order chi connectivity index (χ0) is 23.3. The SMILES string of the molecule is O=C(c1ccc(NCc2cccnc2)cc1)N1CCCC1c1n[nH]c(Cc2ccc(F)cc2)n1. The maximum atomic E-state index is 13.2. The van der Waals surface area contributed by atoms with Crippen LogP contribution in [0.3, 0.4) is 0 Å². The zero-order valence-electron chi connectivity index (χ0n) is 18.6. The first-order chi connectivity index (χ1) is 16.7. The van der Waals surface area contributed by atoms with Gasteiger partial charge in [-0.15, -0.1) is 0 Å². The van der Waals surface area contributed by atoms with Gasteiger partial charge in [0.15, 0.2) is 5.82 Å². The fourth-order valence-electron chi connectivity index (χ4n) is 4.22. The van der Waals surface area contributed by atoms with Gasteiger partial charge in [0.05, 0.1) is 6.04 Å². The molecule has 1 atom stereocenters. The van der Waals surface area contributed by atoms with Gasteiger partial charge in [0, 0.05) is 43.2 Å². The van der Waals surface area contributed by atoms with Gasteiger partial charge < -0.3 is 10.2 Å². The van der Waals surface area contributed by atoms with Gasteiger partial charge in [-0.2, -0.15) is 5.10 Å². The van der Waals surface area contributed by atoms with Crippen LogP contribution in [0.4, 0.5) is 10.1 Å². The summed E-state index contributed by atoms with van der Waals surface area (Å²) in [6.45, 7) is 1.34. The number of amides is 1. The molecule has 1 unspecified atom stereocenters. The lowest BCUT2D eigenvalue weighted by Crippen LogP contribution is -2.31. The van der Waals surface area contributed by atoms with Crippen molar-refractivity contribution in [2.45, 2.75) is 31.8 Å². The molecule has 8 heteroatoms. The standard InChI is InChI=1S/C26H25FN6O/c27-21-9-5-18(6-10-21)15-24-30-25(32-31-24)23-4-2-14-33(23)26(34)20-7-11-22(12-8-20)29-17-19-3-1-13-28-16-19/h1,3,5-13,16,23,29H,2,4,14-15,17H2,(H,30,31,32). The molecule has 2 N–H and O–H groups in total. The number of hydrogen-bond acceptors (Lipinski definition) is 5. The zero-order valence-corrected chi connectivity index (χ0v) is 18.6. The fraction of sp³-hybridized carbons (Fsp3) is 0.231. The molecule has 5 rings (SSSR count). The van der Waals surface area contributed by atoms with Crippen LogP contribution in [-0.4, -0.2) is 37.5 Å². The first-order valence-corrected chi connectivity index (χ1v) is 11.3. The number of benzene rings is 2. The van der Waals surface area contributed by atoms with Crippen LogP contribution in [0.15, 0.2) is 73.1 Å². The average molecular weight is 457 g/mol. The number of carbonyl (C=O) groups is 1. The second-order valence-corrected chi connectivity index (χ2v) is 8.39. The van der Waals surface area contributed by atoms with Crippen LogP contribution in [-0.2, 0) is 13.0 Å². The third kappa shape index (κ3) is 4.96. The molecule has 7 nitrogen and oxygen atoms in total. The molecule has 2 aromatic carbocycles. The third-order valence-electron chi connectivity index (χ3n) is 6.00. The predicted molar refractivity (Wildman–Crippen MR) is 127 cm³/mol. The summed E-state index contributed by atoms with van der Waals surface area (Å²) >= 11 is 0. The van der Waals surface area contributed by atoms with E-state index in [9.17, 15) is 9.18 Å². The Balaban J connectivity index is 1.23. The van der Waals surface area contributed by atoms with Crippen molar-refractivity contribution in [2.75, 3.05) is 11.9 Å². The minimum atomic E-state index is -0.264. The minimum Gasteiger partial charge on any atom is -0.381 e. The van der Waals surface area contributed by atoms with E-state index in [-0.39, 0.29) is 17.8 Å². The topological polar surface area (TPSA) is 86.8 Å². The highest BCUT2D eigenvalue weighted by atomic mass is 19.1. The van der Waals surface area contributed by atoms with Crippen molar-refractivity contribution in [2.24, 2.45) is 0 Å². The van der Waals surface area contributed by atoms with E-state index in [0.717, 1.165) is 29.7 Å². The van der Waals surface area contributed by atoms with Gasteiger partial charge >= 0.3 is 0 Å². The van der Waals surface area contributed by atoms with Gasteiger partial charge in [-0.1, -0.05) is 18.2 Å². The van der Waals surface area contributed by atoms with E-state index < -0.39 is 0 Å². The Hall–Kier alpha value is -4.07. The molecule has 1 fully saturated rings. The molecule has 4 aromatic rings. The number of nitrogens with zero attached hydrogens (tertiary/aromatic N) is 4. The van der Waals surface area contributed by atoms with Crippen molar-refractivity contribution >= 4 is 11.6 Å². The van der Waals surface area contributed by atoms with E-state index >= 15 is 0 Å². The Kier molecular flexibility index (Phi) is 6.29. The second kappa shape index (κ2) is 9.82. The molecular weight excluding hydrogens is 431 g/mol. The van der Waals surface area contributed by atoms with Crippen LogP contribution >= 0.6 is 0 Å². The quantitative estimate of drug-likeness (QED) is 0.427. The Morgan fingerprint density at radius 3 is 2.68 bits per heavy atom. The Morgan fingerprint density at radius 2 is 1.91 bits per heavy atom. The van der Waals surface area contributed by atoms with Crippen LogP contribution in [0.25, 0.3) is 0 Å². The lowest BCUT2D eigenvalue weighted by atomic mass is 10.1. The summed E-state index contributed by atoms with van der Waals surface area (Å²) in [5.41, 5.74) is 3.62. The Labute approximate surface area is 197 Å². The fourth-order valence-corrected chi connectivity index (χ4v) is 4.22. The van der Waals surface area contributed by atoms with Crippen LogP contribution in [0.2, 0.25) is 0 Å². The highest BCUT2D eigenvalue weighted by molar-refractivity contribution is 5.95. The van der Waals surface area contributed by atoms with E-state index in [1.54, 1.807) is 18.3 Å². The maximum Gasteiger partial charge on any atom is 0.254 e. The maximum absolute atomic E-state index is 13.2. The molecular formula is C26H25FN6O. The number of anilines is 1. The normalized spacial score (nSPS) is 15.4. The molecule has 2 aromatic heterocycles. The predicted octanol–water partition coefficient (Wildman–Crippen LogP) is 4.52. The number of halogens is 1. The summed E-state index contributed by atoms with van der Waals surface area (Å²) in [5, 5.41) is 10.7. The van der Waals surface area contributed by atoms with Crippen LogP contribution in [0, 0.1) is 5.82 Å². The van der Waals surface area contributed by atoms with E-state index in [4.69, 9.17) is 0 Å². The average Bonchev–Trinajstić information content (AvgIpc) is 3.54. The van der Waals surface area contributed by atoms with Gasteiger partial charge in [0.1, 0.15) is 11.6 Å². The first-order valence-electron chi connectivity index (χ1n) is 11.3. The summed E-state index contributed by atoms with van der Waals surface area (Å²) in [6.07, 6.45) is 5.84. The molecule has 172 valence electrons. The van der Waals surface area contributed by atoms with Crippen LogP contribution < -0.4 is 5.32 Å². The Bertz CT molecular complexity index is 1240. The molecule has 1 amide bonds. The largest absolute Gasteiger partial charge is 0.381 e. The molecule has 0 saturated carbocycles. The van der Waals surface area contributed by atoms with E-state index in [1.165, 1.54) is 12.1 Å². The van der Waals surface area contributed by atoms with E-state index in [0.29, 0.717) is 36.7 Å². The molecule has 0 bridgehead atoms. The van der Waals surface area contributed by atoms with Crippen LogP contribution in [0.1, 0.15) is 52.0 Å². The molecule has 0 aliphatic carbocycles. The number of H-pyrrole nitrogens is 1. The van der Waals surface area contributed by atoms with Gasteiger partial charge in [-0.25, -0.2) is 9.37 Å². The summed E-state index contributed by atoms with van der Waals surface area (Å²) in [4.78, 5) is 23.9. The number of nitrogens with one attached hydrogen (secondary N) is 2. The first kappa shape index (κ1) is 21.8. The molecule has 34 heavy (non-hydrogen) atoms. The third-order valence-corrected chi connectivity index (χ3v) is 6.00. The van der Waals surface area contributed by atoms with Crippen molar-refractivity contribution in [3.8, 4) is 0 Å². The molecule has 3 heterocycles. The van der Waals surface area contributed by atoms with Crippen molar-refractivity contribution in [3.63, 3.8) is 0 Å². The van der Waals surface area contributed by atoms with Crippen molar-refractivity contribution in [1.29, 1.82) is 0 Å². The molecule has 1 aliphatic heterocycles. The second-order valence-electron chi connectivity index (χ2n) is 8.39. The lowest BCUT2D eigenvalue weighted by Gasteiger charge is -2.22. The summed E-state index contributed by atoms with van der Waals surface area (Å²) in [7, 11) is 0. The van der Waals surface area contributed by atoms with Crippen LogP contribution in [0.5, 0.6) is 0 Å². The van der Waals surface area contributed by atoms with Crippen molar-refractivity contribution in [3.05, 3.63) is 107 Å². The Morgan fingerprint density at radius 1 is 1.09 bits per heavy atom. The minimum absolute atomic E-state index is 0.0220. The van der Waals surface area contributed by atoms with Gasteiger partial charge in [-0.3, -0.25) is 14.9 Å². The summed E-state index contributed by atoms with van der Waals surface area (Å²) in [5.74, 6) is 1.04. The van der Waals surface area contributed by atoms with E-state index in [2.05, 4.69) is 25.5 Å². The monoisotopic (exact) mass is 456 g/mol. The molecule has 0 radical (unpaired) electrons.